The topological polar surface area (TPSA) is 21.3 Å². The quantitative estimate of drug-likeness (QED) is 0.918. The molecular formula is C18H21NO. The molecule has 2 aromatic carbocycles. The lowest BCUT2D eigenvalue weighted by atomic mass is 9.88. The van der Waals surface area contributed by atoms with Crippen molar-refractivity contribution in [2.24, 2.45) is 5.92 Å². The SMILES string of the molecule is c1ccc(CC2CCNCC2Oc2ccccc2)cc1. The summed E-state index contributed by atoms with van der Waals surface area (Å²) in [5.74, 6) is 1.55. The van der Waals surface area contributed by atoms with Crippen molar-refractivity contribution in [2.75, 3.05) is 13.1 Å². The Morgan fingerprint density at radius 3 is 2.40 bits per heavy atom. The van der Waals surface area contributed by atoms with Crippen LogP contribution >= 0.6 is 0 Å². The van der Waals surface area contributed by atoms with Gasteiger partial charge >= 0.3 is 0 Å². The van der Waals surface area contributed by atoms with Gasteiger partial charge in [-0.1, -0.05) is 48.5 Å². The van der Waals surface area contributed by atoms with Crippen molar-refractivity contribution in [2.45, 2.75) is 18.9 Å². The van der Waals surface area contributed by atoms with E-state index >= 15 is 0 Å². The highest BCUT2D eigenvalue weighted by Gasteiger charge is 2.26. The van der Waals surface area contributed by atoms with E-state index in [9.17, 15) is 0 Å². The van der Waals surface area contributed by atoms with Gasteiger partial charge in [0.25, 0.3) is 0 Å². The summed E-state index contributed by atoms with van der Waals surface area (Å²) >= 11 is 0. The van der Waals surface area contributed by atoms with Crippen LogP contribution in [-0.4, -0.2) is 19.2 Å². The maximum Gasteiger partial charge on any atom is 0.119 e. The molecule has 0 saturated carbocycles. The van der Waals surface area contributed by atoms with Crippen molar-refractivity contribution >= 4 is 0 Å². The second kappa shape index (κ2) is 6.58. The maximum atomic E-state index is 6.18. The molecule has 2 heteroatoms. The Hall–Kier alpha value is -1.80. The van der Waals surface area contributed by atoms with Gasteiger partial charge < -0.3 is 10.1 Å². The van der Waals surface area contributed by atoms with Gasteiger partial charge in [0, 0.05) is 12.5 Å². The lowest BCUT2D eigenvalue weighted by Gasteiger charge is -2.32. The molecule has 0 radical (unpaired) electrons. The molecule has 2 aromatic rings. The third kappa shape index (κ3) is 3.40. The normalized spacial score (nSPS) is 22.4. The van der Waals surface area contributed by atoms with Gasteiger partial charge in [0.15, 0.2) is 0 Å². The van der Waals surface area contributed by atoms with Gasteiger partial charge in [-0.25, -0.2) is 0 Å². The molecule has 104 valence electrons. The average Bonchev–Trinajstić information content (AvgIpc) is 2.51. The first-order valence-electron chi connectivity index (χ1n) is 7.38. The number of ether oxygens (including phenoxy) is 1. The van der Waals surface area contributed by atoms with Crippen LogP contribution in [0.15, 0.2) is 60.7 Å². The zero-order chi connectivity index (χ0) is 13.6. The highest BCUT2D eigenvalue weighted by molar-refractivity contribution is 5.22. The number of piperidine rings is 1. The van der Waals surface area contributed by atoms with Crippen molar-refractivity contribution in [1.82, 2.24) is 5.32 Å². The fraction of sp³-hybridized carbons (Fsp3) is 0.333. The van der Waals surface area contributed by atoms with E-state index in [0.717, 1.165) is 25.3 Å². The van der Waals surface area contributed by atoms with E-state index in [1.165, 1.54) is 12.0 Å². The van der Waals surface area contributed by atoms with Crippen LogP contribution < -0.4 is 10.1 Å². The van der Waals surface area contributed by atoms with Gasteiger partial charge in [0.1, 0.15) is 11.9 Å². The summed E-state index contributed by atoms with van der Waals surface area (Å²) in [5, 5.41) is 3.45. The predicted molar refractivity (Wildman–Crippen MR) is 82.0 cm³/mol. The molecule has 2 atom stereocenters. The van der Waals surface area contributed by atoms with Crippen LogP contribution in [0.1, 0.15) is 12.0 Å². The van der Waals surface area contributed by atoms with E-state index in [4.69, 9.17) is 4.74 Å². The molecule has 20 heavy (non-hydrogen) atoms. The molecule has 1 fully saturated rings. The molecule has 0 amide bonds. The van der Waals surface area contributed by atoms with Gasteiger partial charge in [-0.05, 0) is 37.1 Å². The fourth-order valence-corrected chi connectivity index (χ4v) is 2.85. The molecule has 0 aromatic heterocycles. The van der Waals surface area contributed by atoms with Crippen LogP contribution in [0.3, 0.4) is 0 Å². The molecule has 3 rings (SSSR count). The Balaban J connectivity index is 1.68. The highest BCUT2D eigenvalue weighted by atomic mass is 16.5. The Labute approximate surface area is 120 Å². The van der Waals surface area contributed by atoms with Crippen LogP contribution in [-0.2, 0) is 6.42 Å². The number of hydrogen-bond acceptors (Lipinski definition) is 2. The summed E-state index contributed by atoms with van der Waals surface area (Å²) in [6.45, 7) is 2.03. The molecule has 1 aliphatic heterocycles. The van der Waals surface area contributed by atoms with Gasteiger partial charge in [-0.3, -0.25) is 0 Å². The minimum absolute atomic E-state index is 0.256. The number of rotatable bonds is 4. The van der Waals surface area contributed by atoms with Crippen molar-refractivity contribution in [3.8, 4) is 5.75 Å². The first kappa shape index (κ1) is 13.2. The first-order chi connectivity index (χ1) is 9.92. The van der Waals surface area contributed by atoms with Crippen LogP contribution in [0.2, 0.25) is 0 Å². The van der Waals surface area contributed by atoms with Gasteiger partial charge in [-0.15, -0.1) is 0 Å². The first-order valence-corrected chi connectivity index (χ1v) is 7.38. The standard InChI is InChI=1S/C18H21NO/c1-3-7-15(8-4-1)13-16-11-12-19-14-18(16)20-17-9-5-2-6-10-17/h1-10,16,18-19H,11-14H2. The van der Waals surface area contributed by atoms with E-state index in [0.29, 0.717) is 5.92 Å². The van der Waals surface area contributed by atoms with Crippen molar-refractivity contribution in [3.63, 3.8) is 0 Å². The highest BCUT2D eigenvalue weighted by Crippen LogP contribution is 2.23. The fourth-order valence-electron chi connectivity index (χ4n) is 2.85. The summed E-state index contributed by atoms with van der Waals surface area (Å²) in [6, 6.07) is 20.9. The van der Waals surface area contributed by atoms with E-state index in [1.54, 1.807) is 0 Å². The number of benzene rings is 2. The molecule has 1 saturated heterocycles. The van der Waals surface area contributed by atoms with Crippen LogP contribution in [0.4, 0.5) is 0 Å². The molecule has 0 spiro atoms. The summed E-state index contributed by atoms with van der Waals surface area (Å²) in [7, 11) is 0. The molecule has 0 aliphatic carbocycles. The second-order valence-electron chi connectivity index (χ2n) is 5.41. The van der Waals surface area contributed by atoms with E-state index in [-0.39, 0.29) is 6.10 Å². The number of nitrogens with one attached hydrogen (secondary N) is 1. The largest absolute Gasteiger partial charge is 0.489 e. The zero-order valence-corrected chi connectivity index (χ0v) is 11.7. The summed E-state index contributed by atoms with van der Waals surface area (Å²) < 4.78 is 6.18. The van der Waals surface area contributed by atoms with E-state index in [2.05, 4.69) is 35.6 Å². The monoisotopic (exact) mass is 267 g/mol. The predicted octanol–water partition coefficient (Wildman–Crippen LogP) is 3.29. The molecule has 0 bridgehead atoms. The molecular weight excluding hydrogens is 246 g/mol. The van der Waals surface area contributed by atoms with Gasteiger partial charge in [0.05, 0.1) is 0 Å². The lowest BCUT2D eigenvalue weighted by Crippen LogP contribution is -2.44. The van der Waals surface area contributed by atoms with Crippen molar-refractivity contribution < 1.29 is 4.74 Å². The summed E-state index contributed by atoms with van der Waals surface area (Å²) in [5.41, 5.74) is 1.40. The van der Waals surface area contributed by atoms with Crippen LogP contribution in [0, 0.1) is 5.92 Å². The van der Waals surface area contributed by atoms with Crippen LogP contribution in [0.5, 0.6) is 5.75 Å². The maximum absolute atomic E-state index is 6.18. The smallest absolute Gasteiger partial charge is 0.119 e. The number of hydrogen-bond donors (Lipinski definition) is 1. The Morgan fingerprint density at radius 1 is 0.950 bits per heavy atom. The third-order valence-electron chi connectivity index (χ3n) is 3.93. The molecule has 1 heterocycles. The van der Waals surface area contributed by atoms with E-state index in [1.807, 2.05) is 30.3 Å². The molecule has 1 aliphatic rings. The molecule has 1 N–H and O–H groups in total. The number of para-hydroxylation sites is 1. The molecule has 2 unspecified atom stereocenters. The van der Waals surface area contributed by atoms with Gasteiger partial charge in [-0.2, -0.15) is 0 Å². The second-order valence-corrected chi connectivity index (χ2v) is 5.41. The van der Waals surface area contributed by atoms with E-state index < -0.39 is 0 Å². The summed E-state index contributed by atoms with van der Waals surface area (Å²) in [4.78, 5) is 0. The van der Waals surface area contributed by atoms with Gasteiger partial charge in [0.2, 0.25) is 0 Å². The van der Waals surface area contributed by atoms with Crippen molar-refractivity contribution in [3.05, 3.63) is 66.2 Å². The summed E-state index contributed by atoms with van der Waals surface area (Å²) in [6.07, 6.45) is 2.53. The lowest BCUT2D eigenvalue weighted by molar-refractivity contribution is 0.105. The average molecular weight is 267 g/mol. The van der Waals surface area contributed by atoms with Crippen molar-refractivity contribution in [1.29, 1.82) is 0 Å². The minimum atomic E-state index is 0.256. The Bertz CT molecular complexity index is 462. The van der Waals surface area contributed by atoms with Crippen LogP contribution in [0.25, 0.3) is 0 Å². The third-order valence-corrected chi connectivity index (χ3v) is 3.93. The minimum Gasteiger partial charge on any atom is -0.489 e. The Morgan fingerprint density at radius 2 is 1.65 bits per heavy atom. The zero-order valence-electron chi connectivity index (χ0n) is 11.7. The molecule has 2 nitrogen and oxygen atoms in total. The Kier molecular flexibility index (Phi) is 4.34.